The van der Waals surface area contributed by atoms with Crippen molar-refractivity contribution in [2.24, 2.45) is 0 Å². The molecule has 2 aromatic rings. The standard InChI is InChI=1S/C18H22N2O3S/c1-13(2)19-17(21)12-24-16-9-5-4-8-15(16)18(22)20(3)11-14-7-6-10-23-14/h4-10,13H,11-12H2,1-3H3,(H,19,21). The van der Waals surface area contributed by atoms with Crippen molar-refractivity contribution in [3.05, 3.63) is 54.0 Å². The summed E-state index contributed by atoms with van der Waals surface area (Å²) >= 11 is 1.37. The van der Waals surface area contributed by atoms with Gasteiger partial charge < -0.3 is 14.6 Å². The molecule has 5 nitrogen and oxygen atoms in total. The molecule has 1 aromatic heterocycles. The van der Waals surface area contributed by atoms with Gasteiger partial charge in [0.05, 0.1) is 24.1 Å². The summed E-state index contributed by atoms with van der Waals surface area (Å²) in [6.07, 6.45) is 1.59. The monoisotopic (exact) mass is 346 g/mol. The van der Waals surface area contributed by atoms with Crippen LogP contribution in [0.4, 0.5) is 0 Å². The smallest absolute Gasteiger partial charge is 0.255 e. The number of carbonyl (C=O) groups excluding carboxylic acids is 2. The van der Waals surface area contributed by atoms with Gasteiger partial charge in [-0.1, -0.05) is 12.1 Å². The number of nitrogens with one attached hydrogen (secondary N) is 1. The first kappa shape index (κ1) is 18.1. The van der Waals surface area contributed by atoms with E-state index < -0.39 is 0 Å². The third-order valence-electron chi connectivity index (χ3n) is 3.25. The number of carbonyl (C=O) groups is 2. The zero-order chi connectivity index (χ0) is 17.5. The molecule has 0 spiro atoms. The molecule has 0 bridgehead atoms. The molecule has 0 atom stereocenters. The third-order valence-corrected chi connectivity index (χ3v) is 4.32. The Hall–Kier alpha value is -2.21. The number of amides is 2. The molecule has 0 unspecified atom stereocenters. The number of nitrogens with zero attached hydrogens (tertiary/aromatic N) is 1. The van der Waals surface area contributed by atoms with Gasteiger partial charge in [0, 0.05) is 18.0 Å². The second kappa shape index (κ2) is 8.59. The van der Waals surface area contributed by atoms with E-state index in [1.165, 1.54) is 11.8 Å². The minimum atomic E-state index is -0.0984. The van der Waals surface area contributed by atoms with Crippen molar-refractivity contribution in [2.75, 3.05) is 12.8 Å². The average Bonchev–Trinajstić information content (AvgIpc) is 3.04. The first-order valence-corrected chi connectivity index (χ1v) is 8.75. The van der Waals surface area contributed by atoms with Gasteiger partial charge in [-0.15, -0.1) is 11.8 Å². The lowest BCUT2D eigenvalue weighted by atomic mass is 10.2. The fourth-order valence-corrected chi connectivity index (χ4v) is 3.05. The highest BCUT2D eigenvalue weighted by Gasteiger charge is 2.17. The van der Waals surface area contributed by atoms with Crippen LogP contribution in [0.2, 0.25) is 0 Å². The molecule has 1 heterocycles. The van der Waals surface area contributed by atoms with E-state index in [2.05, 4.69) is 5.32 Å². The second-order valence-corrected chi connectivity index (χ2v) is 6.76. The van der Waals surface area contributed by atoms with Crippen molar-refractivity contribution in [2.45, 2.75) is 31.3 Å². The van der Waals surface area contributed by atoms with Gasteiger partial charge in [-0.25, -0.2) is 0 Å². The Morgan fingerprint density at radius 3 is 2.62 bits per heavy atom. The lowest BCUT2D eigenvalue weighted by molar-refractivity contribution is -0.119. The van der Waals surface area contributed by atoms with Crippen LogP contribution in [0, 0.1) is 0 Å². The van der Waals surface area contributed by atoms with Gasteiger partial charge in [-0.2, -0.15) is 0 Å². The Morgan fingerprint density at radius 2 is 1.96 bits per heavy atom. The molecule has 0 aliphatic heterocycles. The molecule has 128 valence electrons. The van der Waals surface area contributed by atoms with Crippen molar-refractivity contribution in [3.63, 3.8) is 0 Å². The van der Waals surface area contributed by atoms with Gasteiger partial charge >= 0.3 is 0 Å². The quantitative estimate of drug-likeness (QED) is 0.782. The normalized spacial score (nSPS) is 10.7. The molecule has 0 saturated heterocycles. The van der Waals surface area contributed by atoms with Crippen LogP contribution in [0.25, 0.3) is 0 Å². The van der Waals surface area contributed by atoms with Crippen LogP contribution in [0.3, 0.4) is 0 Å². The zero-order valence-electron chi connectivity index (χ0n) is 14.1. The Morgan fingerprint density at radius 1 is 1.21 bits per heavy atom. The van der Waals surface area contributed by atoms with Crippen molar-refractivity contribution in [1.82, 2.24) is 10.2 Å². The number of rotatable bonds is 7. The SMILES string of the molecule is CC(C)NC(=O)CSc1ccccc1C(=O)N(C)Cc1ccco1. The lowest BCUT2D eigenvalue weighted by Crippen LogP contribution is -2.31. The molecule has 6 heteroatoms. The van der Waals surface area contributed by atoms with Crippen LogP contribution >= 0.6 is 11.8 Å². The number of benzene rings is 1. The number of hydrogen-bond acceptors (Lipinski definition) is 4. The zero-order valence-corrected chi connectivity index (χ0v) is 14.9. The summed E-state index contributed by atoms with van der Waals surface area (Å²) < 4.78 is 5.28. The first-order chi connectivity index (χ1) is 11.5. The van der Waals surface area contributed by atoms with E-state index in [4.69, 9.17) is 4.42 Å². The molecule has 1 aromatic carbocycles. The first-order valence-electron chi connectivity index (χ1n) is 7.76. The van der Waals surface area contributed by atoms with Gasteiger partial charge in [0.25, 0.3) is 5.91 Å². The van der Waals surface area contributed by atoms with Crippen LogP contribution in [0.1, 0.15) is 30.0 Å². The highest BCUT2D eigenvalue weighted by molar-refractivity contribution is 8.00. The van der Waals surface area contributed by atoms with E-state index >= 15 is 0 Å². The Labute approximate surface area is 146 Å². The summed E-state index contributed by atoms with van der Waals surface area (Å²) in [7, 11) is 1.73. The minimum absolute atomic E-state index is 0.0406. The second-order valence-electron chi connectivity index (χ2n) is 5.75. The van der Waals surface area contributed by atoms with Crippen LogP contribution in [0.5, 0.6) is 0 Å². The molecule has 0 aliphatic carbocycles. The van der Waals surface area contributed by atoms with Gasteiger partial charge in [-0.3, -0.25) is 9.59 Å². The fraction of sp³-hybridized carbons (Fsp3) is 0.333. The van der Waals surface area contributed by atoms with Crippen LogP contribution in [-0.4, -0.2) is 35.6 Å². The topological polar surface area (TPSA) is 62.6 Å². The highest BCUT2D eigenvalue weighted by atomic mass is 32.2. The summed E-state index contributed by atoms with van der Waals surface area (Å²) in [5.41, 5.74) is 0.592. The van der Waals surface area contributed by atoms with E-state index in [0.29, 0.717) is 12.1 Å². The maximum absolute atomic E-state index is 12.7. The van der Waals surface area contributed by atoms with E-state index in [9.17, 15) is 9.59 Å². The van der Waals surface area contributed by atoms with E-state index in [1.54, 1.807) is 30.3 Å². The van der Waals surface area contributed by atoms with Crippen LogP contribution in [0.15, 0.2) is 52.0 Å². The molecule has 2 amide bonds. The molecule has 0 radical (unpaired) electrons. The summed E-state index contributed by atoms with van der Waals surface area (Å²) in [5.74, 6) is 0.872. The maximum atomic E-state index is 12.7. The van der Waals surface area contributed by atoms with Crippen molar-refractivity contribution in [3.8, 4) is 0 Å². The van der Waals surface area contributed by atoms with Gasteiger partial charge in [-0.05, 0) is 38.1 Å². The van der Waals surface area contributed by atoms with E-state index in [-0.39, 0.29) is 23.6 Å². The predicted molar refractivity (Wildman–Crippen MR) is 95.0 cm³/mol. The summed E-state index contributed by atoms with van der Waals surface area (Å²) in [4.78, 5) is 26.9. The predicted octanol–water partition coefficient (Wildman–Crippen LogP) is 3.17. The molecular weight excluding hydrogens is 324 g/mol. The van der Waals surface area contributed by atoms with Crippen molar-refractivity contribution >= 4 is 23.6 Å². The molecule has 0 aliphatic rings. The largest absolute Gasteiger partial charge is 0.467 e. The summed E-state index contributed by atoms with van der Waals surface area (Å²) in [5, 5.41) is 2.85. The Balaban J connectivity index is 2.04. The van der Waals surface area contributed by atoms with Crippen molar-refractivity contribution < 1.29 is 14.0 Å². The number of thioether (sulfide) groups is 1. The maximum Gasteiger partial charge on any atom is 0.255 e. The van der Waals surface area contributed by atoms with Crippen LogP contribution < -0.4 is 5.32 Å². The highest BCUT2D eigenvalue weighted by Crippen LogP contribution is 2.24. The molecule has 24 heavy (non-hydrogen) atoms. The molecule has 0 saturated carbocycles. The van der Waals surface area contributed by atoms with Gasteiger partial charge in [0.15, 0.2) is 0 Å². The van der Waals surface area contributed by atoms with Gasteiger partial charge in [0.1, 0.15) is 5.76 Å². The van der Waals surface area contributed by atoms with Gasteiger partial charge in [0.2, 0.25) is 5.91 Å². The Kier molecular flexibility index (Phi) is 6.49. The van der Waals surface area contributed by atoms with E-state index in [0.717, 1.165) is 10.7 Å². The lowest BCUT2D eigenvalue weighted by Gasteiger charge is -2.18. The molecule has 0 fully saturated rings. The third kappa shape index (κ3) is 5.16. The summed E-state index contributed by atoms with van der Waals surface area (Å²) in [6.45, 7) is 4.24. The van der Waals surface area contributed by atoms with E-state index in [1.807, 2.05) is 38.1 Å². The molecule has 2 rings (SSSR count). The summed E-state index contributed by atoms with van der Waals surface area (Å²) in [6, 6.07) is 11.1. The average molecular weight is 346 g/mol. The Bertz CT molecular complexity index is 683. The van der Waals surface area contributed by atoms with Crippen LogP contribution in [-0.2, 0) is 11.3 Å². The van der Waals surface area contributed by atoms with Crippen molar-refractivity contribution in [1.29, 1.82) is 0 Å². The molecule has 1 N–H and O–H groups in total. The molecular formula is C18H22N2O3S. The number of furan rings is 1. The minimum Gasteiger partial charge on any atom is -0.467 e. The fourth-order valence-electron chi connectivity index (χ4n) is 2.19. The number of hydrogen-bond donors (Lipinski definition) is 1.